The highest BCUT2D eigenvalue weighted by Gasteiger charge is 1.81. The molecule has 0 rings (SSSR count). The second-order valence-corrected chi connectivity index (χ2v) is 1.96. The molecule has 13 heavy (non-hydrogen) atoms. The molecule has 1 unspecified atom stereocenters. The van der Waals surface area contributed by atoms with Gasteiger partial charge < -0.3 is 39.5 Å². The maximum absolute atomic E-state index is 8.01. The molecule has 0 aromatic rings. The van der Waals surface area contributed by atoms with Gasteiger partial charge in [0.25, 0.3) is 0 Å². The van der Waals surface area contributed by atoms with Crippen molar-refractivity contribution in [3.8, 4) is 0 Å². The minimum absolute atomic E-state index is 0.139. The van der Waals surface area contributed by atoms with E-state index in [9.17, 15) is 0 Å². The maximum Gasteiger partial charge on any atom is 0.114 e. The summed E-state index contributed by atoms with van der Waals surface area (Å²) in [6.07, 6.45) is -0.838. The summed E-state index contributed by atoms with van der Waals surface area (Å²) in [4.78, 5) is 0. The average molecular weight is 196 g/mol. The number of hydrogen-bond acceptors (Lipinski definition) is 7. The van der Waals surface area contributed by atoms with E-state index in [0.29, 0.717) is 26.2 Å². The van der Waals surface area contributed by atoms with Gasteiger partial charge in [-0.15, -0.1) is 0 Å². The monoisotopic (exact) mass is 196 g/mol. The zero-order valence-electron chi connectivity index (χ0n) is 8.02. The lowest BCUT2D eigenvalue weighted by Gasteiger charge is -1.91. The molecule has 0 saturated carbocycles. The lowest BCUT2D eigenvalue weighted by Crippen LogP contribution is -2.28. The molecule has 7 heteroatoms. The highest BCUT2D eigenvalue weighted by molar-refractivity contribution is 4.37. The molecular weight excluding hydrogens is 172 g/mol. The van der Waals surface area contributed by atoms with Crippen molar-refractivity contribution in [1.82, 2.24) is 0 Å². The van der Waals surface area contributed by atoms with E-state index in [1.807, 2.05) is 0 Å². The molecule has 0 aromatic heterocycles. The van der Waals surface area contributed by atoms with Crippen LogP contribution in [0.4, 0.5) is 0 Å². The highest BCUT2D eigenvalue weighted by Crippen LogP contribution is 1.51. The van der Waals surface area contributed by atoms with Crippen LogP contribution >= 0.6 is 0 Å². The van der Waals surface area contributed by atoms with E-state index in [4.69, 9.17) is 39.5 Å². The molecule has 0 amide bonds. The van der Waals surface area contributed by atoms with Gasteiger partial charge in [0.05, 0.1) is 0 Å². The Labute approximate surface area is 79.4 Å². The van der Waals surface area contributed by atoms with Gasteiger partial charge in [0.15, 0.2) is 0 Å². The number of nitrogens with two attached hydrogens (primary N) is 6. The third-order valence-electron chi connectivity index (χ3n) is 0.575. The lowest BCUT2D eigenvalue weighted by molar-refractivity contribution is 0.191. The van der Waals surface area contributed by atoms with Gasteiger partial charge in [-0.1, -0.05) is 0 Å². The van der Waals surface area contributed by atoms with Gasteiger partial charge in [-0.2, -0.15) is 0 Å². The Morgan fingerprint density at radius 1 is 0.769 bits per heavy atom. The van der Waals surface area contributed by atoms with Gasteiger partial charge in [0.1, 0.15) is 6.23 Å². The number of rotatable bonds is 3. The molecule has 0 fully saturated rings. The van der Waals surface area contributed by atoms with Gasteiger partial charge in [0, 0.05) is 32.7 Å². The fourth-order valence-corrected chi connectivity index (χ4v) is 0. The highest BCUT2D eigenvalue weighted by atomic mass is 16.3. The molecule has 0 aliphatic carbocycles. The Kier molecular flexibility index (Phi) is 32.1. The molecule has 0 radical (unpaired) electrons. The fraction of sp³-hybridized carbons (Fsp3) is 1.00. The third kappa shape index (κ3) is 80.0. The van der Waals surface area contributed by atoms with Crippen molar-refractivity contribution in [2.75, 3.05) is 32.7 Å². The Bertz CT molecular complexity index is 55.1. The van der Waals surface area contributed by atoms with Crippen LogP contribution in [0.1, 0.15) is 0 Å². The van der Waals surface area contributed by atoms with Crippen molar-refractivity contribution in [1.29, 1.82) is 0 Å². The number of aliphatic hydroxyl groups excluding tert-OH is 1. The molecule has 0 bridgehead atoms. The Morgan fingerprint density at radius 2 is 0.923 bits per heavy atom. The minimum Gasteiger partial charge on any atom is -0.377 e. The summed E-state index contributed by atoms with van der Waals surface area (Å²) in [5.74, 6) is 0. The Balaban J connectivity index is -0.000000117. The Morgan fingerprint density at radius 3 is 0.923 bits per heavy atom. The van der Waals surface area contributed by atoms with Gasteiger partial charge >= 0.3 is 0 Å². The summed E-state index contributed by atoms with van der Waals surface area (Å²) in [6.45, 7) is 2.53. The smallest absolute Gasteiger partial charge is 0.114 e. The number of aliphatic hydroxyl groups is 1. The molecule has 0 aliphatic heterocycles. The fourth-order valence-electron chi connectivity index (χ4n) is 0. The first-order valence-electron chi connectivity index (χ1n) is 4.04. The first-order chi connectivity index (χ1) is 6.10. The minimum atomic E-state index is -0.838. The van der Waals surface area contributed by atoms with Crippen molar-refractivity contribution < 1.29 is 5.11 Å². The van der Waals surface area contributed by atoms with Gasteiger partial charge in [-0.3, -0.25) is 0 Å². The zero-order valence-corrected chi connectivity index (χ0v) is 8.02. The summed E-state index contributed by atoms with van der Waals surface area (Å²) < 4.78 is 0. The van der Waals surface area contributed by atoms with E-state index >= 15 is 0 Å². The van der Waals surface area contributed by atoms with Crippen LogP contribution in [0, 0.1) is 0 Å². The van der Waals surface area contributed by atoms with Crippen molar-refractivity contribution >= 4 is 0 Å². The van der Waals surface area contributed by atoms with E-state index in [1.54, 1.807) is 0 Å². The molecular formula is C6H24N6O. The predicted octanol–water partition coefficient (Wildman–Crippen LogP) is -3.97. The summed E-state index contributed by atoms with van der Waals surface area (Å²) in [7, 11) is 0. The Hall–Kier alpha value is -0.280. The first-order valence-corrected chi connectivity index (χ1v) is 4.04. The normalized spacial score (nSPS) is 10.4. The second-order valence-electron chi connectivity index (χ2n) is 1.96. The van der Waals surface area contributed by atoms with Crippen LogP contribution in [0.5, 0.6) is 0 Å². The van der Waals surface area contributed by atoms with E-state index in [0.717, 1.165) is 0 Å². The predicted molar refractivity (Wildman–Crippen MR) is 55.5 cm³/mol. The first kappa shape index (κ1) is 18.5. The number of hydrogen-bond donors (Lipinski definition) is 7. The quantitative estimate of drug-likeness (QED) is 0.225. The van der Waals surface area contributed by atoms with Crippen LogP contribution in [0.15, 0.2) is 0 Å². The molecule has 0 aliphatic rings. The van der Waals surface area contributed by atoms with Crippen molar-refractivity contribution in [2.45, 2.75) is 6.23 Å². The third-order valence-corrected chi connectivity index (χ3v) is 0.575. The van der Waals surface area contributed by atoms with Crippen LogP contribution in [-0.4, -0.2) is 44.1 Å². The summed E-state index contributed by atoms with van der Waals surface area (Å²) in [5, 5.41) is 8.01. The average Bonchev–Trinajstić information content (AvgIpc) is 2.18. The van der Waals surface area contributed by atoms with Gasteiger partial charge in [-0.25, -0.2) is 0 Å². The molecule has 0 saturated heterocycles. The van der Waals surface area contributed by atoms with E-state index in [1.165, 1.54) is 0 Å². The van der Waals surface area contributed by atoms with Crippen molar-refractivity contribution in [2.24, 2.45) is 34.4 Å². The van der Waals surface area contributed by atoms with Crippen LogP contribution in [0.2, 0.25) is 0 Å². The van der Waals surface area contributed by atoms with Crippen molar-refractivity contribution in [3.63, 3.8) is 0 Å². The van der Waals surface area contributed by atoms with Crippen LogP contribution in [0.3, 0.4) is 0 Å². The summed E-state index contributed by atoms with van der Waals surface area (Å²) in [6, 6.07) is 0. The molecule has 0 aromatic carbocycles. The zero-order chi connectivity index (χ0) is 11.1. The second kappa shape index (κ2) is 22.6. The molecule has 84 valence electrons. The van der Waals surface area contributed by atoms with E-state index < -0.39 is 6.23 Å². The van der Waals surface area contributed by atoms with E-state index in [2.05, 4.69) is 0 Å². The van der Waals surface area contributed by atoms with Crippen LogP contribution < -0.4 is 34.4 Å². The summed E-state index contributed by atoms with van der Waals surface area (Å²) in [5.41, 5.74) is 29.1. The van der Waals surface area contributed by atoms with Crippen LogP contribution in [-0.2, 0) is 0 Å². The lowest BCUT2D eigenvalue weighted by atomic mass is 10.6. The molecule has 0 spiro atoms. The topological polar surface area (TPSA) is 176 Å². The maximum atomic E-state index is 8.01. The molecule has 1 atom stereocenters. The van der Waals surface area contributed by atoms with Gasteiger partial charge in [-0.05, 0) is 0 Å². The standard InChI is InChI=1S/C2H8N2O.2C2H8N2/c3-1-2(4)5;2*3-1-2-4/h2,5H,1,3-4H2;2*1-4H2. The van der Waals surface area contributed by atoms with E-state index in [-0.39, 0.29) is 6.54 Å². The summed E-state index contributed by atoms with van der Waals surface area (Å²) >= 11 is 0. The SMILES string of the molecule is NCC(N)O.NCCN.NCCN. The van der Waals surface area contributed by atoms with Crippen molar-refractivity contribution in [3.05, 3.63) is 0 Å². The van der Waals surface area contributed by atoms with Gasteiger partial charge in [0.2, 0.25) is 0 Å². The van der Waals surface area contributed by atoms with Crippen LogP contribution in [0.25, 0.3) is 0 Å². The molecule has 7 nitrogen and oxygen atoms in total. The molecule has 13 N–H and O–H groups in total. The largest absolute Gasteiger partial charge is 0.377 e. The molecule has 0 heterocycles.